The SMILES string of the molecule is O=P([O-])([O-])O.O=P([O-])([O-])O.O=[PH](O)O.[Zr+4]. The van der Waals surface area contributed by atoms with Crippen LogP contribution in [0.4, 0.5) is 0 Å². The average Bonchev–Trinajstić information content (AvgIpc) is 1.45. The summed E-state index contributed by atoms with van der Waals surface area (Å²) in [6.45, 7) is 0. The Labute approximate surface area is 103 Å². The summed E-state index contributed by atoms with van der Waals surface area (Å²) in [5.74, 6) is 0. The molecule has 0 aromatic heterocycles. The summed E-state index contributed by atoms with van der Waals surface area (Å²) >= 11 is 0. The van der Waals surface area contributed by atoms with Crippen molar-refractivity contribution < 1.29 is 79.0 Å². The monoisotopic (exact) mass is 364 g/mol. The van der Waals surface area contributed by atoms with E-state index >= 15 is 0 Å². The predicted octanol–water partition coefficient (Wildman–Crippen LogP) is -5.03. The van der Waals surface area contributed by atoms with E-state index in [0.29, 0.717) is 0 Å². The van der Waals surface area contributed by atoms with Gasteiger partial charge in [0.05, 0.1) is 15.6 Å². The zero-order valence-corrected chi connectivity index (χ0v) is 11.8. The summed E-state index contributed by atoms with van der Waals surface area (Å²) in [4.78, 5) is 62.9. The van der Waals surface area contributed by atoms with Gasteiger partial charge < -0.3 is 48.3 Å². The molecule has 0 saturated heterocycles. The molecule has 0 aromatic rings. The van der Waals surface area contributed by atoms with Gasteiger partial charge in [0.1, 0.15) is 0 Å². The van der Waals surface area contributed by atoms with E-state index in [2.05, 4.69) is 0 Å². The Morgan fingerprint density at radius 2 is 0.867 bits per heavy atom. The number of rotatable bonds is 0. The van der Waals surface area contributed by atoms with Crippen molar-refractivity contribution in [3.05, 3.63) is 0 Å². The van der Waals surface area contributed by atoms with Crippen molar-refractivity contribution in [1.82, 2.24) is 0 Å². The Bertz CT molecular complexity index is 192. The number of phosphoric acid groups is 2. The molecular weight excluding hydrogens is 360 g/mol. The van der Waals surface area contributed by atoms with Crippen LogP contribution in [-0.2, 0) is 39.9 Å². The molecule has 0 radical (unpaired) electrons. The molecule has 0 spiro atoms. The van der Waals surface area contributed by atoms with Gasteiger partial charge in [0, 0.05) is 0 Å². The maximum absolute atomic E-state index is 8.74. The fourth-order valence-electron chi connectivity index (χ4n) is 0. The normalized spacial score (nSPS) is 10.2. The van der Waals surface area contributed by atoms with E-state index in [1.54, 1.807) is 0 Å². The van der Waals surface area contributed by atoms with Crippen molar-refractivity contribution in [2.45, 2.75) is 0 Å². The van der Waals surface area contributed by atoms with E-state index < -0.39 is 23.9 Å². The minimum Gasteiger partial charge on any atom is -0.790 e. The molecule has 0 saturated carbocycles. The van der Waals surface area contributed by atoms with E-state index in [1.807, 2.05) is 0 Å². The fraction of sp³-hybridized carbons (Fsp3) is 0. The van der Waals surface area contributed by atoms with Crippen molar-refractivity contribution in [2.75, 3.05) is 0 Å². The molecule has 0 bridgehead atoms. The topological polar surface area (TPSA) is 224 Å². The molecule has 0 heterocycles. The van der Waals surface area contributed by atoms with Crippen molar-refractivity contribution in [3.63, 3.8) is 0 Å². The summed E-state index contributed by atoms with van der Waals surface area (Å²) in [6, 6.07) is 0. The number of hydrogen-bond acceptors (Lipinski definition) is 7. The zero-order valence-electron chi connectivity index (χ0n) is 6.54. The molecule has 0 aliphatic heterocycles. The van der Waals surface area contributed by atoms with Crippen molar-refractivity contribution >= 4 is 23.9 Å². The van der Waals surface area contributed by atoms with Crippen LogP contribution in [0.5, 0.6) is 0 Å². The van der Waals surface area contributed by atoms with E-state index in [9.17, 15) is 0 Å². The van der Waals surface area contributed by atoms with Crippen molar-refractivity contribution in [1.29, 1.82) is 0 Å². The molecule has 4 N–H and O–H groups in total. The molecule has 0 amide bonds. The summed E-state index contributed by atoms with van der Waals surface area (Å²) < 4.78 is 26.1. The molecule has 0 rings (SSSR count). The van der Waals surface area contributed by atoms with Gasteiger partial charge in [-0.1, -0.05) is 0 Å². The van der Waals surface area contributed by atoms with Gasteiger partial charge in [-0.05, 0) is 0 Å². The molecule has 0 aromatic carbocycles. The second-order valence-corrected chi connectivity index (χ2v) is 3.66. The third kappa shape index (κ3) is 1710. The summed E-state index contributed by atoms with van der Waals surface area (Å²) in [5.41, 5.74) is 0. The van der Waals surface area contributed by atoms with Gasteiger partial charge in [-0.15, -0.1) is 0 Å². The smallest absolute Gasteiger partial charge is 0.790 e. The average molecular weight is 365 g/mol. The van der Waals surface area contributed by atoms with Gasteiger partial charge in [0.15, 0.2) is 0 Å². The van der Waals surface area contributed by atoms with Gasteiger partial charge in [-0.25, -0.2) is 0 Å². The molecule has 0 aliphatic carbocycles. The van der Waals surface area contributed by atoms with Gasteiger partial charge >= 0.3 is 34.5 Å². The minimum absolute atomic E-state index is 0. The molecule has 0 fully saturated rings. The second kappa shape index (κ2) is 11.7. The first-order valence-electron chi connectivity index (χ1n) is 2.15. The van der Waals surface area contributed by atoms with Gasteiger partial charge in [-0.2, -0.15) is 0 Å². The van der Waals surface area contributed by atoms with Crippen molar-refractivity contribution in [3.8, 4) is 0 Å². The Hall–Kier alpha value is 1.25. The van der Waals surface area contributed by atoms with Gasteiger partial charge in [-0.3, -0.25) is 4.57 Å². The van der Waals surface area contributed by atoms with E-state index in [0.717, 1.165) is 0 Å². The molecule has 0 aliphatic rings. The Morgan fingerprint density at radius 1 is 0.867 bits per heavy atom. The first-order chi connectivity index (χ1) is 5.73. The first-order valence-corrected chi connectivity index (χ1v) is 6.44. The zero-order chi connectivity index (χ0) is 12.6. The van der Waals surface area contributed by atoms with E-state index in [-0.39, 0.29) is 26.2 Å². The number of hydrogen-bond donors (Lipinski definition) is 4. The van der Waals surface area contributed by atoms with Crippen LogP contribution < -0.4 is 19.6 Å². The maximum Gasteiger partial charge on any atom is 4.00 e. The Morgan fingerprint density at radius 3 is 0.867 bits per heavy atom. The standard InChI is InChI=1S/2H3O4P.H3O3P.Zr/c2*1-5(2,3)4;1-4(2)3;/h2*(H3,1,2,3,4);4H,(H2,1,2,3);/q;;;+4/p-4. The fourth-order valence-corrected chi connectivity index (χ4v) is 0. The first kappa shape index (κ1) is 25.2. The quantitative estimate of drug-likeness (QED) is 0.297. The molecule has 11 nitrogen and oxygen atoms in total. The molecule has 0 unspecified atom stereocenters. The van der Waals surface area contributed by atoms with Gasteiger partial charge in [0.25, 0.3) is 0 Å². The Balaban J connectivity index is -0.0000000590. The van der Waals surface area contributed by atoms with Crippen LogP contribution in [-0.4, -0.2) is 19.6 Å². The molecule has 0 atom stereocenters. The molecular formula is H5O11P3Zr. The molecule has 15 heteroatoms. The van der Waals surface area contributed by atoms with Crippen LogP contribution in [0.25, 0.3) is 0 Å². The summed E-state index contributed by atoms with van der Waals surface area (Å²) in [6.07, 6.45) is 0. The minimum atomic E-state index is -5.14. The van der Waals surface area contributed by atoms with E-state index in [4.69, 9.17) is 52.8 Å². The van der Waals surface area contributed by atoms with Crippen LogP contribution in [0.15, 0.2) is 0 Å². The van der Waals surface area contributed by atoms with Crippen LogP contribution in [0.1, 0.15) is 0 Å². The van der Waals surface area contributed by atoms with Crippen LogP contribution in [0.3, 0.4) is 0 Å². The third-order valence-corrected chi connectivity index (χ3v) is 0. The predicted molar refractivity (Wildman–Crippen MR) is 33.1 cm³/mol. The molecule has 90 valence electrons. The summed E-state index contributed by atoms with van der Waals surface area (Å²) in [5, 5.41) is 0. The van der Waals surface area contributed by atoms with Gasteiger partial charge in [0.2, 0.25) is 0 Å². The largest absolute Gasteiger partial charge is 4.00 e. The third-order valence-electron chi connectivity index (χ3n) is 0. The summed E-state index contributed by atoms with van der Waals surface area (Å²) in [7, 11) is -13.4. The van der Waals surface area contributed by atoms with Crippen molar-refractivity contribution in [2.24, 2.45) is 0 Å². The molecule has 15 heavy (non-hydrogen) atoms. The second-order valence-electron chi connectivity index (χ2n) is 1.22. The van der Waals surface area contributed by atoms with Crippen LogP contribution in [0.2, 0.25) is 0 Å². The maximum atomic E-state index is 8.74. The van der Waals surface area contributed by atoms with Crippen LogP contribution in [0, 0.1) is 0 Å². The van der Waals surface area contributed by atoms with Crippen LogP contribution >= 0.6 is 23.9 Å². The Kier molecular flexibility index (Phi) is 19.7. The van der Waals surface area contributed by atoms with E-state index in [1.165, 1.54) is 0 Å².